The number of carbonyl (C=O) groups is 1. The molecule has 2 aliphatic heterocycles. The van der Waals surface area contributed by atoms with E-state index in [1.165, 1.54) is 22.0 Å². The molecule has 0 fully saturated rings. The molecular weight excluding hydrogens is 298 g/mol. The molecule has 126 valence electrons. The summed E-state index contributed by atoms with van der Waals surface area (Å²) in [6.07, 6.45) is 4.43. The number of likely N-dealkylation sites (N-methyl/N-ethyl adjacent to an activating group) is 1. The maximum Gasteiger partial charge on any atom is 0.230 e. The van der Waals surface area contributed by atoms with Gasteiger partial charge in [-0.2, -0.15) is 0 Å². The smallest absolute Gasteiger partial charge is 0.230 e. The Balaban J connectivity index is 1.80. The SMILES string of the molecule is CCN(CC)C(=O)C1C=C2c3cccc4ccn(c34)C[C@@H]2N(C)C1. The van der Waals surface area contributed by atoms with Crippen molar-refractivity contribution >= 4 is 22.4 Å². The Kier molecular flexibility index (Phi) is 3.72. The molecule has 1 aromatic carbocycles. The van der Waals surface area contributed by atoms with Crippen LogP contribution >= 0.6 is 0 Å². The molecule has 4 nitrogen and oxygen atoms in total. The van der Waals surface area contributed by atoms with Gasteiger partial charge in [-0.3, -0.25) is 9.69 Å². The van der Waals surface area contributed by atoms with Gasteiger partial charge in [-0.1, -0.05) is 24.3 Å². The number of benzene rings is 1. The Bertz CT molecular complexity index is 815. The monoisotopic (exact) mass is 323 g/mol. The molecule has 0 spiro atoms. The molecular formula is C20H25N3O. The third-order valence-electron chi connectivity index (χ3n) is 5.62. The van der Waals surface area contributed by atoms with E-state index in [0.29, 0.717) is 6.04 Å². The van der Waals surface area contributed by atoms with Gasteiger partial charge >= 0.3 is 0 Å². The average Bonchev–Trinajstić information content (AvgIpc) is 3.01. The predicted octanol–water partition coefficient (Wildman–Crippen LogP) is 2.84. The summed E-state index contributed by atoms with van der Waals surface area (Å²) in [7, 11) is 2.15. The van der Waals surface area contributed by atoms with Crippen LogP contribution in [0, 0.1) is 5.92 Å². The predicted molar refractivity (Wildman–Crippen MR) is 97.8 cm³/mol. The second-order valence-corrected chi connectivity index (χ2v) is 6.91. The number of nitrogens with zero attached hydrogens (tertiary/aromatic N) is 3. The molecule has 0 radical (unpaired) electrons. The quantitative estimate of drug-likeness (QED) is 0.869. The van der Waals surface area contributed by atoms with Crippen LogP contribution in [0.4, 0.5) is 0 Å². The highest BCUT2D eigenvalue weighted by molar-refractivity contribution is 5.96. The van der Waals surface area contributed by atoms with Gasteiger partial charge in [0, 0.05) is 43.3 Å². The second-order valence-electron chi connectivity index (χ2n) is 6.91. The number of hydrogen-bond acceptors (Lipinski definition) is 2. The van der Waals surface area contributed by atoms with Crippen LogP contribution in [-0.2, 0) is 11.3 Å². The molecule has 24 heavy (non-hydrogen) atoms. The summed E-state index contributed by atoms with van der Waals surface area (Å²) in [6.45, 7) is 7.43. The first-order valence-corrected chi connectivity index (χ1v) is 8.93. The van der Waals surface area contributed by atoms with Crippen molar-refractivity contribution in [3.05, 3.63) is 42.1 Å². The van der Waals surface area contributed by atoms with Gasteiger partial charge in [-0.15, -0.1) is 0 Å². The van der Waals surface area contributed by atoms with Crippen LogP contribution in [0.2, 0.25) is 0 Å². The third-order valence-corrected chi connectivity index (χ3v) is 5.62. The number of carbonyl (C=O) groups excluding carboxylic acids is 1. The second kappa shape index (κ2) is 5.78. The first-order valence-electron chi connectivity index (χ1n) is 8.93. The van der Waals surface area contributed by atoms with Crippen LogP contribution < -0.4 is 0 Å². The zero-order chi connectivity index (χ0) is 16.8. The fraction of sp³-hybridized carbons (Fsp3) is 0.450. The third kappa shape index (κ3) is 2.20. The number of amides is 1. The van der Waals surface area contributed by atoms with Gasteiger partial charge in [0.2, 0.25) is 5.91 Å². The summed E-state index contributed by atoms with van der Waals surface area (Å²) >= 11 is 0. The average molecular weight is 323 g/mol. The standard InChI is InChI=1S/C20H25N3O/c1-4-22(5-2)20(24)15-11-17-16-8-6-7-14-9-10-23(19(14)16)13-18(17)21(3)12-15/h6-11,15,18H,4-5,12-13H2,1-3H3/t15?,18-/m0/s1. The minimum absolute atomic E-state index is 0.0436. The number of hydrogen-bond donors (Lipinski definition) is 0. The summed E-state index contributed by atoms with van der Waals surface area (Å²) in [5.74, 6) is 0.212. The van der Waals surface area contributed by atoms with E-state index in [2.05, 4.69) is 66.9 Å². The number of rotatable bonds is 3. The van der Waals surface area contributed by atoms with E-state index in [4.69, 9.17) is 0 Å². The van der Waals surface area contributed by atoms with Crippen molar-refractivity contribution in [3.8, 4) is 0 Å². The van der Waals surface area contributed by atoms with E-state index in [9.17, 15) is 4.79 Å². The molecule has 2 aliphatic rings. The molecule has 2 atom stereocenters. The minimum Gasteiger partial charge on any atom is -0.345 e. The van der Waals surface area contributed by atoms with Gasteiger partial charge < -0.3 is 9.47 Å². The van der Waals surface area contributed by atoms with Crippen LogP contribution in [0.1, 0.15) is 19.4 Å². The largest absolute Gasteiger partial charge is 0.345 e. The topological polar surface area (TPSA) is 28.5 Å². The molecule has 2 aromatic rings. The summed E-state index contributed by atoms with van der Waals surface area (Å²) in [6, 6.07) is 9.04. The van der Waals surface area contributed by atoms with Crippen molar-refractivity contribution in [2.45, 2.75) is 26.4 Å². The van der Waals surface area contributed by atoms with Crippen molar-refractivity contribution in [3.63, 3.8) is 0 Å². The van der Waals surface area contributed by atoms with Gasteiger partial charge in [-0.05, 0) is 32.5 Å². The first-order chi connectivity index (χ1) is 11.6. The molecule has 0 bridgehead atoms. The fourth-order valence-corrected chi connectivity index (χ4v) is 4.31. The van der Waals surface area contributed by atoms with Crippen molar-refractivity contribution in [1.29, 1.82) is 0 Å². The van der Waals surface area contributed by atoms with E-state index in [1.807, 2.05) is 4.90 Å². The molecule has 1 aromatic heterocycles. The molecule has 0 aliphatic carbocycles. The lowest BCUT2D eigenvalue weighted by molar-refractivity contribution is -0.134. The van der Waals surface area contributed by atoms with Crippen LogP contribution in [0.3, 0.4) is 0 Å². The Morgan fingerprint density at radius 3 is 2.75 bits per heavy atom. The molecule has 1 unspecified atom stereocenters. The summed E-state index contributed by atoms with van der Waals surface area (Å²) in [4.78, 5) is 17.2. The zero-order valence-electron chi connectivity index (χ0n) is 14.7. The van der Waals surface area contributed by atoms with Gasteiger partial charge in [0.1, 0.15) is 0 Å². The molecule has 0 N–H and O–H groups in total. The van der Waals surface area contributed by atoms with E-state index in [1.54, 1.807) is 0 Å². The zero-order valence-corrected chi connectivity index (χ0v) is 14.7. The highest BCUT2D eigenvalue weighted by atomic mass is 16.2. The molecule has 0 saturated heterocycles. The molecule has 3 heterocycles. The Labute approximate surface area is 143 Å². The van der Waals surface area contributed by atoms with Crippen molar-refractivity contribution in [2.24, 2.45) is 5.92 Å². The normalized spacial score (nSPS) is 23.0. The van der Waals surface area contributed by atoms with E-state index in [0.717, 1.165) is 26.2 Å². The van der Waals surface area contributed by atoms with Crippen molar-refractivity contribution in [1.82, 2.24) is 14.4 Å². The van der Waals surface area contributed by atoms with Crippen LogP contribution in [0.15, 0.2) is 36.5 Å². The Morgan fingerprint density at radius 2 is 2.00 bits per heavy atom. The first kappa shape index (κ1) is 15.5. The van der Waals surface area contributed by atoms with Crippen molar-refractivity contribution < 1.29 is 4.79 Å². The summed E-state index contributed by atoms with van der Waals surface area (Å²) in [5.41, 5.74) is 3.92. The van der Waals surface area contributed by atoms with Crippen LogP contribution in [0.5, 0.6) is 0 Å². The number of para-hydroxylation sites is 1. The number of fused-ring (bicyclic) bond motifs is 2. The lowest BCUT2D eigenvalue weighted by atomic mass is 9.85. The molecule has 4 heteroatoms. The maximum absolute atomic E-state index is 12.9. The summed E-state index contributed by atoms with van der Waals surface area (Å²) in [5, 5.41) is 1.28. The molecule has 0 saturated carbocycles. The van der Waals surface area contributed by atoms with Gasteiger partial charge in [-0.25, -0.2) is 0 Å². The maximum atomic E-state index is 12.9. The van der Waals surface area contributed by atoms with Crippen LogP contribution in [0.25, 0.3) is 16.5 Å². The highest BCUT2D eigenvalue weighted by Crippen LogP contribution is 2.38. The Hall–Kier alpha value is -2.07. The molecule has 4 rings (SSSR count). The summed E-state index contributed by atoms with van der Waals surface area (Å²) < 4.78 is 2.36. The van der Waals surface area contributed by atoms with Gasteiger partial charge in [0.25, 0.3) is 0 Å². The number of aromatic nitrogens is 1. The Morgan fingerprint density at radius 1 is 1.21 bits per heavy atom. The van der Waals surface area contributed by atoms with E-state index in [-0.39, 0.29) is 11.8 Å². The highest BCUT2D eigenvalue weighted by Gasteiger charge is 2.36. The molecule has 1 amide bonds. The lowest BCUT2D eigenvalue weighted by Crippen LogP contribution is -2.48. The van der Waals surface area contributed by atoms with Gasteiger partial charge in [0.05, 0.1) is 17.5 Å². The van der Waals surface area contributed by atoms with E-state index < -0.39 is 0 Å². The van der Waals surface area contributed by atoms with Crippen molar-refractivity contribution in [2.75, 3.05) is 26.7 Å². The van der Waals surface area contributed by atoms with Crippen LogP contribution in [-0.4, -0.2) is 53.0 Å². The van der Waals surface area contributed by atoms with E-state index >= 15 is 0 Å². The minimum atomic E-state index is -0.0436. The van der Waals surface area contributed by atoms with Gasteiger partial charge in [0.15, 0.2) is 0 Å². The lowest BCUT2D eigenvalue weighted by Gasteiger charge is -2.41. The fourth-order valence-electron chi connectivity index (χ4n) is 4.31.